The maximum atomic E-state index is 12.4. The third kappa shape index (κ3) is 2.90. The van der Waals surface area contributed by atoms with Crippen molar-refractivity contribution in [2.45, 2.75) is 12.0 Å². The predicted octanol–water partition coefficient (Wildman–Crippen LogP) is 4.13. The van der Waals surface area contributed by atoms with Crippen LogP contribution in [0, 0.1) is 0 Å². The Morgan fingerprint density at radius 3 is 1.25 bits per heavy atom. The summed E-state index contributed by atoms with van der Waals surface area (Å²) in [6.45, 7) is 1.58. The zero-order chi connectivity index (χ0) is 17.0. The van der Waals surface area contributed by atoms with Gasteiger partial charge in [0.25, 0.3) is 0 Å². The summed E-state index contributed by atoms with van der Waals surface area (Å²) in [5, 5.41) is 2.78. The number of carbonyl (C=O) groups excluding carboxylic acids is 1. The molecular weight excluding hydrogens is 335 g/mol. The van der Waals surface area contributed by atoms with Gasteiger partial charge < -0.3 is 0 Å². The van der Waals surface area contributed by atoms with Crippen LogP contribution in [-0.2, 0) is 4.79 Å². The van der Waals surface area contributed by atoms with Gasteiger partial charge in [-0.25, -0.2) is 0 Å². The summed E-state index contributed by atoms with van der Waals surface area (Å²) in [6, 6.07) is 30.6. The molecule has 3 heteroatoms. The maximum absolute atomic E-state index is 12.4. The van der Waals surface area contributed by atoms with E-state index in [0.29, 0.717) is 0 Å². The highest BCUT2D eigenvalue weighted by Crippen LogP contribution is 2.61. The third-order valence-electron chi connectivity index (χ3n) is 4.17. The van der Waals surface area contributed by atoms with E-state index in [9.17, 15) is 4.79 Å². The zero-order valence-corrected chi connectivity index (χ0v) is 15.1. The van der Waals surface area contributed by atoms with Gasteiger partial charge in [-0.2, -0.15) is 0 Å². The minimum absolute atomic E-state index is 0.00144. The van der Waals surface area contributed by atoms with E-state index in [0.717, 1.165) is 15.9 Å². The summed E-state index contributed by atoms with van der Waals surface area (Å²) < 4.78 is 0. The number of ketones is 1. The van der Waals surface area contributed by atoms with Crippen molar-refractivity contribution in [3.8, 4) is 0 Å². The maximum Gasteiger partial charge on any atom is 0.213 e. The molecule has 0 fully saturated rings. The van der Waals surface area contributed by atoms with Crippen LogP contribution in [-0.4, -0.2) is 10.9 Å². The molecule has 3 rings (SSSR count). The average molecular weight is 354 g/mol. The molecule has 0 aliphatic carbocycles. The first-order valence-corrected chi connectivity index (χ1v) is 10.2. The second-order valence-corrected chi connectivity index (χ2v) is 9.93. The fourth-order valence-electron chi connectivity index (χ4n) is 3.10. The molecule has 0 radical (unpaired) electrons. The van der Waals surface area contributed by atoms with Crippen molar-refractivity contribution in [2.24, 2.45) is 0 Å². The Labute approximate surface area is 148 Å². The Hall–Kier alpha value is -1.95. The number of carbonyl (C=O) groups is 1. The molecule has 1 atom stereocenters. The number of benzene rings is 3. The monoisotopic (exact) mass is 353 g/mol. The Kier molecular flexibility index (Phi) is 5.14. The van der Waals surface area contributed by atoms with E-state index in [4.69, 9.17) is 11.6 Å². The number of rotatable bonds is 5. The lowest BCUT2D eigenvalue weighted by atomic mass is 10.3. The van der Waals surface area contributed by atoms with Gasteiger partial charge in [0.15, 0.2) is 5.78 Å². The van der Waals surface area contributed by atoms with Gasteiger partial charge >= 0.3 is 0 Å². The molecule has 120 valence electrons. The van der Waals surface area contributed by atoms with Gasteiger partial charge in [-0.1, -0.05) is 66.2 Å². The van der Waals surface area contributed by atoms with Gasteiger partial charge in [-0.05, 0) is 43.3 Å². The van der Waals surface area contributed by atoms with E-state index in [1.807, 2.05) is 54.6 Å². The molecule has 3 aromatic rings. The van der Waals surface area contributed by atoms with Crippen LogP contribution in [0.25, 0.3) is 0 Å². The Morgan fingerprint density at radius 1 is 0.708 bits per heavy atom. The van der Waals surface area contributed by atoms with Gasteiger partial charge in [0, 0.05) is 0 Å². The van der Waals surface area contributed by atoms with E-state index in [2.05, 4.69) is 36.4 Å². The van der Waals surface area contributed by atoms with Crippen LogP contribution in [0.15, 0.2) is 91.0 Å². The molecule has 0 N–H and O–H groups in total. The molecule has 0 amide bonds. The summed E-state index contributed by atoms with van der Waals surface area (Å²) >= 11 is 6.84. The van der Waals surface area contributed by atoms with Crippen LogP contribution >= 0.6 is 18.9 Å². The highest BCUT2D eigenvalue weighted by molar-refractivity contribution is 7.98. The van der Waals surface area contributed by atoms with E-state index in [1.54, 1.807) is 6.92 Å². The molecule has 24 heavy (non-hydrogen) atoms. The van der Waals surface area contributed by atoms with Crippen molar-refractivity contribution in [1.29, 1.82) is 0 Å². The smallest absolute Gasteiger partial charge is 0.213 e. The van der Waals surface area contributed by atoms with Gasteiger partial charge in [-0.15, -0.1) is 0 Å². The zero-order valence-electron chi connectivity index (χ0n) is 13.5. The molecule has 0 saturated carbocycles. The normalized spacial score (nSPS) is 12.6. The molecular formula is C21H19ClOP+. The van der Waals surface area contributed by atoms with Crippen LogP contribution < -0.4 is 15.9 Å². The van der Waals surface area contributed by atoms with Gasteiger partial charge in [0.05, 0.1) is 0 Å². The molecule has 3 aromatic carbocycles. The lowest BCUT2D eigenvalue weighted by Gasteiger charge is -2.30. The molecule has 0 aliphatic rings. The van der Waals surface area contributed by atoms with Crippen molar-refractivity contribution in [3.63, 3.8) is 0 Å². The molecule has 0 spiro atoms. The van der Waals surface area contributed by atoms with Crippen molar-refractivity contribution in [3.05, 3.63) is 91.0 Å². The third-order valence-corrected chi connectivity index (χ3v) is 9.73. The Morgan fingerprint density at radius 2 is 1.00 bits per heavy atom. The predicted molar refractivity (Wildman–Crippen MR) is 105 cm³/mol. The van der Waals surface area contributed by atoms with E-state index >= 15 is 0 Å². The molecule has 1 unspecified atom stereocenters. The number of hydrogen-bond donors (Lipinski definition) is 0. The molecule has 0 aromatic heterocycles. The highest BCUT2D eigenvalue weighted by Gasteiger charge is 2.53. The SMILES string of the molecule is CC(=O)C(Cl)[P+](c1ccccc1)(c1ccccc1)c1ccccc1. The van der Waals surface area contributed by atoms with Crippen LogP contribution in [0.1, 0.15) is 6.92 Å². The molecule has 0 aliphatic heterocycles. The Balaban J connectivity index is 2.39. The van der Waals surface area contributed by atoms with E-state index in [-0.39, 0.29) is 5.78 Å². The first-order chi connectivity index (χ1) is 11.7. The lowest BCUT2D eigenvalue weighted by Crippen LogP contribution is -2.39. The number of alkyl halides is 1. The standard InChI is InChI=1S/C21H19ClOP/c1-17(23)21(22)24(18-11-5-2-6-12-18,19-13-7-3-8-14-19)20-15-9-4-10-16-20/h2-16,21H,1H3/q+1. The van der Waals surface area contributed by atoms with E-state index in [1.165, 1.54) is 0 Å². The van der Waals surface area contributed by atoms with Crippen molar-refractivity contribution < 1.29 is 4.79 Å². The largest absolute Gasteiger partial charge is 0.294 e. The van der Waals surface area contributed by atoms with Crippen LogP contribution in [0.4, 0.5) is 0 Å². The van der Waals surface area contributed by atoms with Gasteiger partial charge in [-0.3, -0.25) is 4.79 Å². The van der Waals surface area contributed by atoms with Crippen LogP contribution in [0.5, 0.6) is 0 Å². The van der Waals surface area contributed by atoms with Crippen molar-refractivity contribution in [1.82, 2.24) is 0 Å². The summed E-state index contributed by atoms with van der Waals surface area (Å²) in [5.74, 6) is 0.00144. The lowest BCUT2D eigenvalue weighted by molar-refractivity contribution is -0.115. The highest BCUT2D eigenvalue weighted by atomic mass is 35.5. The second kappa shape index (κ2) is 7.30. The molecule has 1 nitrogen and oxygen atoms in total. The number of Topliss-reactive ketones (excluding diaryl/α,β-unsaturated/α-hetero) is 1. The van der Waals surface area contributed by atoms with Gasteiger partial charge in [0.1, 0.15) is 23.2 Å². The fourth-order valence-corrected chi connectivity index (χ4v) is 8.27. The Bertz CT molecular complexity index is 706. The summed E-state index contributed by atoms with van der Waals surface area (Å²) in [5.41, 5.74) is 0. The number of hydrogen-bond acceptors (Lipinski definition) is 1. The van der Waals surface area contributed by atoms with Crippen LogP contribution in [0.3, 0.4) is 0 Å². The minimum Gasteiger partial charge on any atom is -0.294 e. The molecule has 0 bridgehead atoms. The molecule has 0 saturated heterocycles. The second-order valence-electron chi connectivity index (χ2n) is 5.68. The van der Waals surface area contributed by atoms with E-state index < -0.39 is 12.4 Å². The number of halogens is 1. The topological polar surface area (TPSA) is 17.1 Å². The van der Waals surface area contributed by atoms with Crippen LogP contribution in [0.2, 0.25) is 0 Å². The van der Waals surface area contributed by atoms with Crippen molar-refractivity contribution >= 4 is 40.6 Å². The molecule has 0 heterocycles. The summed E-state index contributed by atoms with van der Waals surface area (Å²) in [6.07, 6.45) is 0. The fraction of sp³-hybridized carbons (Fsp3) is 0.0952. The van der Waals surface area contributed by atoms with Gasteiger partial charge in [0.2, 0.25) is 5.12 Å². The average Bonchev–Trinajstić information content (AvgIpc) is 2.65. The summed E-state index contributed by atoms with van der Waals surface area (Å²) in [7, 11) is -2.28. The first kappa shape index (κ1) is 16.9. The summed E-state index contributed by atoms with van der Waals surface area (Å²) in [4.78, 5) is 12.4. The minimum atomic E-state index is -2.28. The quantitative estimate of drug-likeness (QED) is 0.498. The van der Waals surface area contributed by atoms with Crippen molar-refractivity contribution in [2.75, 3.05) is 0 Å². The first-order valence-electron chi connectivity index (χ1n) is 7.87.